The smallest absolute Gasteiger partial charge is 0.229 e. The molecule has 0 spiro atoms. The van der Waals surface area contributed by atoms with Crippen LogP contribution in [0.2, 0.25) is 0 Å². The molecule has 4 heterocycles. The van der Waals surface area contributed by atoms with Crippen molar-refractivity contribution in [3.8, 4) is 11.3 Å². The maximum atomic E-state index is 15.5. The predicted octanol–water partition coefficient (Wildman–Crippen LogP) is 3.99. The van der Waals surface area contributed by atoms with Crippen molar-refractivity contribution >= 4 is 17.2 Å². The standard InChI is InChI=1S/C31H38FN7O3/c1-17-10-20(31(3)15-42-16-31)12-23(32)27(17)25-6-5-21-13-35-29(39(21)38-25)36-26-14-34-8-7-22(26)19-9-18(2)28(24(33)11-19)37-30(40)41-4/h5-8,10,12-14,18-19,24,28,30,37,40H,9,11,15-16,33H2,1-4H3,(H,35,36). The van der Waals surface area contributed by atoms with Crippen molar-refractivity contribution in [3.63, 3.8) is 0 Å². The molecule has 5 unspecified atom stereocenters. The number of ether oxygens (including phenoxy) is 2. The molecule has 11 heteroatoms. The van der Waals surface area contributed by atoms with Crippen LogP contribution in [0.5, 0.6) is 0 Å². The quantitative estimate of drug-likeness (QED) is 0.230. The summed E-state index contributed by atoms with van der Waals surface area (Å²) in [6, 6.07) is 9.12. The number of hydrogen-bond acceptors (Lipinski definition) is 9. The number of hydrogen-bond donors (Lipinski definition) is 4. The molecule has 42 heavy (non-hydrogen) atoms. The first kappa shape index (κ1) is 28.6. The molecule has 5 N–H and O–H groups in total. The Morgan fingerprint density at radius 1 is 1.21 bits per heavy atom. The van der Waals surface area contributed by atoms with Crippen LogP contribution in [0, 0.1) is 18.7 Å². The average molecular weight is 576 g/mol. The highest BCUT2D eigenvalue weighted by atomic mass is 19.1. The van der Waals surface area contributed by atoms with E-state index < -0.39 is 6.41 Å². The van der Waals surface area contributed by atoms with Crippen molar-refractivity contribution in [2.45, 2.75) is 63.4 Å². The second-order valence-corrected chi connectivity index (χ2v) is 12.0. The molecule has 1 aromatic carbocycles. The molecule has 0 amide bonds. The molecule has 3 aromatic heterocycles. The van der Waals surface area contributed by atoms with Gasteiger partial charge in [-0.15, -0.1) is 0 Å². The van der Waals surface area contributed by atoms with Gasteiger partial charge in [0.1, 0.15) is 5.82 Å². The highest BCUT2D eigenvalue weighted by Crippen LogP contribution is 2.40. The molecular weight excluding hydrogens is 537 g/mol. The molecule has 1 aliphatic carbocycles. The van der Waals surface area contributed by atoms with Crippen LogP contribution in [0.15, 0.2) is 48.9 Å². The SMILES string of the molecule is COC(O)NC1C(C)CC(c2ccncc2Nc2ncc3ccc(-c4c(C)cc(C5(C)COC5)cc4F)nn23)CC1N. The number of nitrogens with one attached hydrogen (secondary N) is 2. The fourth-order valence-electron chi connectivity index (χ4n) is 6.44. The summed E-state index contributed by atoms with van der Waals surface area (Å²) < 4.78 is 27.6. The zero-order valence-electron chi connectivity index (χ0n) is 24.3. The molecule has 1 saturated carbocycles. The molecule has 5 atom stereocenters. The van der Waals surface area contributed by atoms with E-state index in [1.807, 2.05) is 31.2 Å². The minimum Gasteiger partial charge on any atom is -0.379 e. The summed E-state index contributed by atoms with van der Waals surface area (Å²) in [6.07, 6.45) is 5.82. The van der Waals surface area contributed by atoms with E-state index in [4.69, 9.17) is 20.3 Å². The lowest BCUT2D eigenvalue weighted by Gasteiger charge is -2.40. The summed E-state index contributed by atoms with van der Waals surface area (Å²) in [7, 11) is 1.45. The summed E-state index contributed by atoms with van der Waals surface area (Å²) in [5, 5.41) is 21.2. The van der Waals surface area contributed by atoms with E-state index in [-0.39, 0.29) is 35.2 Å². The fraction of sp³-hybridized carbons (Fsp3) is 0.452. The van der Waals surface area contributed by atoms with E-state index in [1.54, 1.807) is 29.2 Å². The van der Waals surface area contributed by atoms with Gasteiger partial charge in [-0.1, -0.05) is 19.9 Å². The number of aliphatic hydroxyl groups excluding tert-OH is 1. The summed E-state index contributed by atoms with van der Waals surface area (Å²) >= 11 is 0. The maximum absolute atomic E-state index is 15.5. The van der Waals surface area contributed by atoms with Gasteiger partial charge in [-0.05, 0) is 72.6 Å². The number of fused-ring (bicyclic) bond motifs is 1. The van der Waals surface area contributed by atoms with Gasteiger partial charge >= 0.3 is 0 Å². The Hall–Kier alpha value is -3.48. The molecule has 4 aromatic rings. The summed E-state index contributed by atoms with van der Waals surface area (Å²) in [5.41, 5.74) is 11.8. The van der Waals surface area contributed by atoms with Crippen LogP contribution in [0.25, 0.3) is 16.8 Å². The Morgan fingerprint density at radius 3 is 2.71 bits per heavy atom. The number of rotatable bonds is 8. The van der Waals surface area contributed by atoms with Gasteiger partial charge in [0.25, 0.3) is 0 Å². The van der Waals surface area contributed by atoms with Crippen molar-refractivity contribution in [1.82, 2.24) is 24.9 Å². The van der Waals surface area contributed by atoms with Crippen molar-refractivity contribution in [2.24, 2.45) is 11.7 Å². The van der Waals surface area contributed by atoms with Crippen LogP contribution >= 0.6 is 0 Å². The van der Waals surface area contributed by atoms with Crippen molar-refractivity contribution in [2.75, 3.05) is 25.6 Å². The first-order chi connectivity index (χ1) is 20.2. The van der Waals surface area contributed by atoms with Crippen LogP contribution in [-0.4, -0.2) is 63.5 Å². The van der Waals surface area contributed by atoms with Gasteiger partial charge in [0.15, 0.2) is 0 Å². The molecule has 1 aliphatic heterocycles. The second-order valence-electron chi connectivity index (χ2n) is 12.0. The van der Waals surface area contributed by atoms with Crippen molar-refractivity contribution in [1.29, 1.82) is 0 Å². The van der Waals surface area contributed by atoms with Crippen LogP contribution in [0.4, 0.5) is 16.0 Å². The van der Waals surface area contributed by atoms with Gasteiger partial charge in [0.2, 0.25) is 12.4 Å². The highest BCUT2D eigenvalue weighted by Gasteiger charge is 2.37. The number of halogens is 1. The molecule has 0 bridgehead atoms. The maximum Gasteiger partial charge on any atom is 0.229 e. The van der Waals surface area contributed by atoms with E-state index in [2.05, 4.69) is 34.4 Å². The van der Waals surface area contributed by atoms with Gasteiger partial charge in [0, 0.05) is 36.4 Å². The average Bonchev–Trinajstić information content (AvgIpc) is 3.35. The normalized spacial score (nSPS) is 24.4. The van der Waals surface area contributed by atoms with Gasteiger partial charge < -0.3 is 25.6 Å². The number of aryl methyl sites for hydroxylation is 1. The lowest BCUT2D eigenvalue weighted by molar-refractivity contribution is -0.110. The third-order valence-electron chi connectivity index (χ3n) is 8.85. The van der Waals surface area contributed by atoms with Gasteiger partial charge in [-0.3, -0.25) is 10.3 Å². The number of nitrogens with zero attached hydrogens (tertiary/aromatic N) is 4. The number of pyridine rings is 1. The molecule has 1 saturated heterocycles. The minimum atomic E-state index is -1.06. The molecule has 2 fully saturated rings. The first-order valence-corrected chi connectivity index (χ1v) is 14.3. The van der Waals surface area contributed by atoms with Crippen molar-refractivity contribution in [3.05, 3.63) is 71.4 Å². The zero-order chi connectivity index (χ0) is 29.6. The molecule has 10 nitrogen and oxygen atoms in total. The number of aliphatic hydroxyl groups is 1. The third kappa shape index (κ3) is 5.27. The molecule has 222 valence electrons. The molecule has 6 rings (SSSR count). The molecule has 0 radical (unpaired) electrons. The Bertz CT molecular complexity index is 1560. The number of benzene rings is 1. The van der Waals surface area contributed by atoms with E-state index >= 15 is 4.39 Å². The topological polar surface area (TPSA) is 132 Å². The Morgan fingerprint density at radius 2 is 2.02 bits per heavy atom. The lowest BCUT2D eigenvalue weighted by atomic mass is 9.73. The lowest BCUT2D eigenvalue weighted by Crippen LogP contribution is -2.56. The number of imidazole rings is 1. The van der Waals surface area contributed by atoms with Gasteiger partial charge in [0.05, 0.1) is 42.5 Å². The molecule has 2 aliphatic rings. The summed E-state index contributed by atoms with van der Waals surface area (Å²) in [4.78, 5) is 8.94. The monoisotopic (exact) mass is 575 g/mol. The fourth-order valence-corrected chi connectivity index (χ4v) is 6.44. The van der Waals surface area contributed by atoms with E-state index in [0.717, 1.165) is 40.7 Å². The number of aromatic nitrogens is 4. The van der Waals surface area contributed by atoms with E-state index in [0.29, 0.717) is 30.4 Å². The number of methoxy groups -OCH3 is 1. The van der Waals surface area contributed by atoms with E-state index in [1.165, 1.54) is 7.11 Å². The Labute approximate surface area is 244 Å². The van der Waals surface area contributed by atoms with Gasteiger partial charge in [-0.25, -0.2) is 9.37 Å². The summed E-state index contributed by atoms with van der Waals surface area (Å²) in [6.45, 7) is 7.32. The van der Waals surface area contributed by atoms with Crippen LogP contribution in [-0.2, 0) is 14.9 Å². The molecular formula is C31H38FN7O3. The van der Waals surface area contributed by atoms with E-state index in [9.17, 15) is 5.11 Å². The highest BCUT2D eigenvalue weighted by molar-refractivity contribution is 5.68. The summed E-state index contributed by atoms with van der Waals surface area (Å²) in [5.74, 6) is 0.574. The van der Waals surface area contributed by atoms with Crippen molar-refractivity contribution < 1.29 is 19.0 Å². The second kappa shape index (κ2) is 11.3. The number of nitrogens with two attached hydrogens (primary N) is 1. The van der Waals surface area contributed by atoms with Crippen LogP contribution < -0.4 is 16.4 Å². The minimum absolute atomic E-state index is 0.0730. The Kier molecular flexibility index (Phi) is 7.71. The van der Waals surface area contributed by atoms with Crippen LogP contribution in [0.3, 0.4) is 0 Å². The number of anilines is 2. The first-order valence-electron chi connectivity index (χ1n) is 14.3. The largest absolute Gasteiger partial charge is 0.379 e. The predicted molar refractivity (Wildman–Crippen MR) is 158 cm³/mol. The van der Waals surface area contributed by atoms with Crippen LogP contribution in [0.1, 0.15) is 49.3 Å². The van der Waals surface area contributed by atoms with Gasteiger partial charge in [-0.2, -0.15) is 9.61 Å². The third-order valence-corrected chi connectivity index (χ3v) is 8.85. The zero-order valence-corrected chi connectivity index (χ0v) is 24.3. The Balaban J connectivity index is 1.28.